The minimum atomic E-state index is -4.78. The average molecular weight is 596 g/mol. The normalized spacial score (nSPS) is 17.0. The Hall–Kier alpha value is -3.70. The van der Waals surface area contributed by atoms with Crippen molar-refractivity contribution in [1.29, 1.82) is 0 Å². The second kappa shape index (κ2) is 13.8. The average Bonchev–Trinajstić information content (AvgIpc) is 2.90. The zero-order valence-electron chi connectivity index (χ0n) is 21.4. The Morgan fingerprint density at radius 1 is 0.585 bits per heavy atom. The molecule has 2 aromatic carbocycles. The van der Waals surface area contributed by atoms with Crippen LogP contribution in [0.1, 0.15) is 11.1 Å². The van der Waals surface area contributed by atoms with E-state index >= 15 is 0 Å². The number of alkyl halides is 6. The van der Waals surface area contributed by atoms with E-state index in [-0.39, 0.29) is 77.2 Å². The number of hydrogen-bond acceptors (Lipinski definition) is 9. The van der Waals surface area contributed by atoms with E-state index in [4.69, 9.17) is 14.2 Å². The summed E-state index contributed by atoms with van der Waals surface area (Å²) in [6.07, 6.45) is -9.55. The summed E-state index contributed by atoms with van der Waals surface area (Å²) in [5.41, 5.74) is -3.99. The molecule has 11 nitrogen and oxygen atoms in total. The topological polar surface area (TPSA) is 120 Å². The van der Waals surface area contributed by atoms with E-state index < -0.39 is 44.7 Å². The first-order chi connectivity index (χ1) is 19.3. The second-order valence-electron chi connectivity index (χ2n) is 8.73. The van der Waals surface area contributed by atoms with Gasteiger partial charge < -0.3 is 24.0 Å². The molecule has 0 spiro atoms. The highest BCUT2D eigenvalue weighted by molar-refractivity contribution is 5.65. The molecule has 1 fully saturated rings. The van der Waals surface area contributed by atoms with Crippen LogP contribution >= 0.6 is 0 Å². The van der Waals surface area contributed by atoms with E-state index in [9.17, 15) is 46.6 Å². The van der Waals surface area contributed by atoms with Gasteiger partial charge in [-0.3, -0.25) is 20.2 Å². The number of anilines is 2. The van der Waals surface area contributed by atoms with Crippen LogP contribution in [0.3, 0.4) is 0 Å². The molecule has 0 saturated carbocycles. The van der Waals surface area contributed by atoms with E-state index in [1.807, 2.05) is 0 Å². The van der Waals surface area contributed by atoms with Crippen molar-refractivity contribution in [2.75, 3.05) is 75.6 Å². The van der Waals surface area contributed by atoms with Crippen molar-refractivity contribution in [3.63, 3.8) is 0 Å². The van der Waals surface area contributed by atoms with Crippen LogP contribution in [0.4, 0.5) is 49.1 Å². The van der Waals surface area contributed by atoms with Crippen molar-refractivity contribution < 1.29 is 50.4 Å². The molecule has 1 aliphatic rings. The fourth-order valence-electron chi connectivity index (χ4n) is 4.06. The summed E-state index contributed by atoms with van der Waals surface area (Å²) >= 11 is 0. The third-order valence-electron chi connectivity index (χ3n) is 6.07. The van der Waals surface area contributed by atoms with Crippen LogP contribution < -0.4 is 9.80 Å². The smallest absolute Gasteiger partial charge is 0.378 e. The van der Waals surface area contributed by atoms with E-state index in [1.165, 1.54) is 9.80 Å². The summed E-state index contributed by atoms with van der Waals surface area (Å²) in [5.74, 6) is 0. The minimum absolute atomic E-state index is 0.0203. The number of nitrogens with zero attached hydrogens (tertiary/aromatic N) is 4. The zero-order chi connectivity index (χ0) is 30.2. The van der Waals surface area contributed by atoms with Crippen LogP contribution in [0.2, 0.25) is 0 Å². The number of hydrogen-bond donors (Lipinski definition) is 0. The van der Waals surface area contributed by atoms with Gasteiger partial charge >= 0.3 is 12.4 Å². The van der Waals surface area contributed by atoms with E-state index in [2.05, 4.69) is 0 Å². The molecule has 0 N–H and O–H groups in total. The van der Waals surface area contributed by atoms with Crippen LogP contribution in [-0.4, -0.2) is 75.7 Å². The van der Waals surface area contributed by atoms with Crippen molar-refractivity contribution in [3.05, 3.63) is 67.8 Å². The Bertz CT molecular complexity index is 1120. The number of benzene rings is 2. The fraction of sp³-hybridized carbons (Fsp3) is 0.500. The van der Waals surface area contributed by atoms with Gasteiger partial charge in [-0.15, -0.1) is 0 Å². The molecular formula is C24H26F6N4O7. The number of nitro benzene ring substituents is 2. The molecule has 0 aliphatic carbocycles. The monoisotopic (exact) mass is 596 g/mol. The molecule has 17 heteroatoms. The van der Waals surface area contributed by atoms with Crippen LogP contribution in [0.5, 0.6) is 0 Å². The molecule has 41 heavy (non-hydrogen) atoms. The van der Waals surface area contributed by atoms with Gasteiger partial charge in [0.2, 0.25) is 0 Å². The lowest BCUT2D eigenvalue weighted by Crippen LogP contribution is -2.34. The summed E-state index contributed by atoms with van der Waals surface area (Å²) in [6, 6.07) is 4.39. The molecule has 3 rings (SSSR count). The molecule has 0 atom stereocenters. The minimum Gasteiger partial charge on any atom is -0.378 e. The summed E-state index contributed by atoms with van der Waals surface area (Å²) < 4.78 is 95.3. The Kier molecular flexibility index (Phi) is 10.7. The number of ether oxygens (including phenoxy) is 3. The van der Waals surface area contributed by atoms with Crippen LogP contribution in [0, 0.1) is 20.2 Å². The lowest BCUT2D eigenvalue weighted by atomic mass is 10.1. The Morgan fingerprint density at radius 3 is 1.20 bits per heavy atom. The maximum Gasteiger partial charge on any atom is 0.416 e. The Labute approximate surface area is 229 Å². The molecule has 2 aromatic rings. The van der Waals surface area contributed by atoms with E-state index in [0.717, 1.165) is 24.3 Å². The highest BCUT2D eigenvalue weighted by Crippen LogP contribution is 2.37. The van der Waals surface area contributed by atoms with Gasteiger partial charge in [-0.2, -0.15) is 26.3 Å². The Morgan fingerprint density at radius 2 is 0.902 bits per heavy atom. The van der Waals surface area contributed by atoms with Gasteiger partial charge in [0.1, 0.15) is 11.4 Å². The van der Waals surface area contributed by atoms with Crippen molar-refractivity contribution in [2.45, 2.75) is 12.4 Å². The van der Waals surface area contributed by atoms with Gasteiger partial charge in [0.15, 0.2) is 0 Å². The van der Waals surface area contributed by atoms with Crippen molar-refractivity contribution in [2.24, 2.45) is 0 Å². The second-order valence-corrected chi connectivity index (χ2v) is 8.73. The lowest BCUT2D eigenvalue weighted by Gasteiger charge is -2.26. The SMILES string of the molecule is O=[N+]([O-])c1cc(C(F)(F)F)ccc1N1CCOCCOCCN(c2ccc(C(F)(F)F)cc2[N+](=O)[O-])CCOCC1. The van der Waals surface area contributed by atoms with Crippen molar-refractivity contribution >= 4 is 22.7 Å². The van der Waals surface area contributed by atoms with E-state index in [1.54, 1.807) is 0 Å². The summed E-state index contributed by atoms with van der Waals surface area (Å²) in [6.45, 7) is 0.434. The molecule has 0 radical (unpaired) electrons. The first-order valence-corrected chi connectivity index (χ1v) is 12.2. The first kappa shape index (κ1) is 31.8. The quantitative estimate of drug-likeness (QED) is 0.275. The zero-order valence-corrected chi connectivity index (χ0v) is 21.4. The van der Waals surface area contributed by atoms with E-state index in [0.29, 0.717) is 12.1 Å². The van der Waals surface area contributed by atoms with Gasteiger partial charge in [-0.25, -0.2) is 0 Å². The molecule has 1 aliphatic heterocycles. The molecule has 1 heterocycles. The number of rotatable bonds is 4. The highest BCUT2D eigenvalue weighted by atomic mass is 19.4. The maximum atomic E-state index is 13.1. The van der Waals surface area contributed by atoms with Gasteiger partial charge in [-0.1, -0.05) is 0 Å². The standard InChI is InChI=1S/C24H26F6N4O7/c25-23(26,27)17-1-3-19(21(15-17)33(35)36)31-5-9-39-10-6-32(8-12-41-14-13-40-11-7-31)20-4-2-18(24(28,29)30)16-22(20)34(37)38/h1-4,15-16H,5-14H2. The van der Waals surface area contributed by atoms with Crippen molar-refractivity contribution in [3.8, 4) is 0 Å². The highest BCUT2D eigenvalue weighted by Gasteiger charge is 2.35. The van der Waals surface area contributed by atoms with Gasteiger partial charge in [0, 0.05) is 38.3 Å². The third-order valence-corrected chi connectivity index (χ3v) is 6.07. The lowest BCUT2D eigenvalue weighted by molar-refractivity contribution is -0.384. The third kappa shape index (κ3) is 8.89. The molecule has 0 bridgehead atoms. The van der Waals surface area contributed by atoms with Crippen LogP contribution in [0.15, 0.2) is 36.4 Å². The predicted octanol–water partition coefficient (Wildman–Crippen LogP) is 4.92. The van der Waals surface area contributed by atoms with Crippen LogP contribution in [0.25, 0.3) is 0 Å². The van der Waals surface area contributed by atoms with Crippen molar-refractivity contribution in [1.82, 2.24) is 0 Å². The summed E-state index contributed by atoms with van der Waals surface area (Å²) in [5, 5.41) is 23.2. The number of nitro groups is 2. The van der Waals surface area contributed by atoms with Crippen LogP contribution in [-0.2, 0) is 26.6 Å². The molecule has 1 saturated heterocycles. The largest absolute Gasteiger partial charge is 0.416 e. The molecular weight excluding hydrogens is 570 g/mol. The summed E-state index contributed by atoms with van der Waals surface area (Å²) in [4.78, 5) is 24.2. The van der Waals surface area contributed by atoms with Gasteiger partial charge in [0.25, 0.3) is 11.4 Å². The molecule has 0 aromatic heterocycles. The van der Waals surface area contributed by atoms with Gasteiger partial charge in [-0.05, 0) is 24.3 Å². The maximum absolute atomic E-state index is 13.1. The molecule has 0 amide bonds. The predicted molar refractivity (Wildman–Crippen MR) is 133 cm³/mol. The summed E-state index contributed by atoms with van der Waals surface area (Å²) in [7, 11) is 0. The first-order valence-electron chi connectivity index (χ1n) is 12.2. The molecule has 226 valence electrons. The Balaban J connectivity index is 1.79. The van der Waals surface area contributed by atoms with Gasteiger partial charge in [0.05, 0.1) is 60.6 Å². The fourth-order valence-corrected chi connectivity index (χ4v) is 4.06. The number of halogens is 6. The molecule has 0 unspecified atom stereocenters.